The SMILES string of the molecule is CCCNc1nc(Sc2ccccc2F)c(F)cc1F. The number of aromatic nitrogens is 1. The molecule has 1 aromatic carbocycles. The molecule has 20 heavy (non-hydrogen) atoms. The highest BCUT2D eigenvalue weighted by Gasteiger charge is 2.14. The lowest BCUT2D eigenvalue weighted by Crippen LogP contribution is -2.06. The number of benzene rings is 1. The van der Waals surface area contributed by atoms with E-state index in [1.165, 1.54) is 12.1 Å². The first-order chi connectivity index (χ1) is 9.61. The maximum absolute atomic E-state index is 13.7. The summed E-state index contributed by atoms with van der Waals surface area (Å²) in [6, 6.07) is 6.74. The quantitative estimate of drug-likeness (QED) is 0.881. The van der Waals surface area contributed by atoms with Crippen molar-refractivity contribution in [2.75, 3.05) is 11.9 Å². The highest BCUT2D eigenvalue weighted by molar-refractivity contribution is 7.99. The van der Waals surface area contributed by atoms with Crippen LogP contribution < -0.4 is 5.32 Å². The number of pyridine rings is 1. The molecule has 0 bridgehead atoms. The predicted molar refractivity (Wildman–Crippen MR) is 73.5 cm³/mol. The van der Waals surface area contributed by atoms with E-state index in [0.717, 1.165) is 24.2 Å². The van der Waals surface area contributed by atoms with Gasteiger partial charge in [-0.2, -0.15) is 0 Å². The van der Waals surface area contributed by atoms with Gasteiger partial charge in [0.15, 0.2) is 17.5 Å². The Morgan fingerprint density at radius 1 is 1.10 bits per heavy atom. The molecule has 1 aromatic heterocycles. The average Bonchev–Trinajstić information content (AvgIpc) is 2.43. The van der Waals surface area contributed by atoms with Gasteiger partial charge in [-0.3, -0.25) is 0 Å². The minimum Gasteiger partial charge on any atom is -0.368 e. The Balaban J connectivity index is 2.29. The summed E-state index contributed by atoms with van der Waals surface area (Å²) in [5.74, 6) is -2.05. The second kappa shape index (κ2) is 6.65. The minimum absolute atomic E-state index is 0.0212. The van der Waals surface area contributed by atoms with E-state index in [-0.39, 0.29) is 15.7 Å². The van der Waals surface area contributed by atoms with Gasteiger partial charge in [-0.1, -0.05) is 30.8 Å². The van der Waals surface area contributed by atoms with Gasteiger partial charge in [0, 0.05) is 17.5 Å². The van der Waals surface area contributed by atoms with Crippen molar-refractivity contribution in [2.24, 2.45) is 0 Å². The topological polar surface area (TPSA) is 24.9 Å². The van der Waals surface area contributed by atoms with Crippen LogP contribution in [0.1, 0.15) is 13.3 Å². The van der Waals surface area contributed by atoms with Crippen LogP contribution in [-0.4, -0.2) is 11.5 Å². The van der Waals surface area contributed by atoms with Crippen LogP contribution in [0.15, 0.2) is 40.3 Å². The van der Waals surface area contributed by atoms with Gasteiger partial charge >= 0.3 is 0 Å². The zero-order valence-electron chi connectivity index (χ0n) is 10.8. The first kappa shape index (κ1) is 14.7. The van der Waals surface area contributed by atoms with E-state index in [4.69, 9.17) is 0 Å². The smallest absolute Gasteiger partial charge is 0.168 e. The van der Waals surface area contributed by atoms with Crippen molar-refractivity contribution < 1.29 is 13.2 Å². The normalized spacial score (nSPS) is 10.6. The number of hydrogen-bond acceptors (Lipinski definition) is 3. The second-order valence-electron chi connectivity index (χ2n) is 4.07. The molecule has 0 saturated heterocycles. The molecule has 2 nitrogen and oxygen atoms in total. The van der Waals surface area contributed by atoms with Crippen molar-refractivity contribution in [1.82, 2.24) is 4.98 Å². The van der Waals surface area contributed by atoms with Gasteiger partial charge in [-0.15, -0.1) is 0 Å². The lowest BCUT2D eigenvalue weighted by Gasteiger charge is -2.09. The lowest BCUT2D eigenvalue weighted by molar-refractivity contribution is 0.550. The molecule has 0 unspecified atom stereocenters. The molecule has 0 aliphatic carbocycles. The van der Waals surface area contributed by atoms with Crippen LogP contribution in [0.5, 0.6) is 0 Å². The number of nitrogens with one attached hydrogen (secondary N) is 1. The molecule has 0 fully saturated rings. The average molecular weight is 298 g/mol. The van der Waals surface area contributed by atoms with Crippen molar-refractivity contribution >= 4 is 17.6 Å². The summed E-state index contributed by atoms with van der Waals surface area (Å²) in [6.07, 6.45) is 0.786. The number of nitrogens with zero attached hydrogens (tertiary/aromatic N) is 1. The molecule has 0 amide bonds. The van der Waals surface area contributed by atoms with E-state index in [2.05, 4.69) is 10.3 Å². The highest BCUT2D eigenvalue weighted by atomic mass is 32.2. The van der Waals surface area contributed by atoms with Crippen LogP contribution in [-0.2, 0) is 0 Å². The van der Waals surface area contributed by atoms with E-state index < -0.39 is 17.5 Å². The third kappa shape index (κ3) is 3.45. The zero-order chi connectivity index (χ0) is 14.5. The fourth-order valence-electron chi connectivity index (χ4n) is 1.52. The van der Waals surface area contributed by atoms with E-state index in [1.807, 2.05) is 6.92 Å². The summed E-state index contributed by atoms with van der Waals surface area (Å²) in [5.41, 5.74) is 0. The second-order valence-corrected chi connectivity index (χ2v) is 5.10. The van der Waals surface area contributed by atoms with Gasteiger partial charge in [-0.05, 0) is 18.6 Å². The largest absolute Gasteiger partial charge is 0.368 e. The van der Waals surface area contributed by atoms with Gasteiger partial charge in [0.05, 0.1) is 0 Å². The summed E-state index contributed by atoms with van der Waals surface area (Å²) < 4.78 is 40.7. The van der Waals surface area contributed by atoms with Crippen LogP contribution >= 0.6 is 11.8 Å². The fourth-order valence-corrected chi connectivity index (χ4v) is 2.33. The monoisotopic (exact) mass is 298 g/mol. The molecule has 2 rings (SSSR count). The first-order valence-corrected chi connectivity index (χ1v) is 6.95. The minimum atomic E-state index is -0.808. The number of hydrogen-bond donors (Lipinski definition) is 1. The third-order valence-corrected chi connectivity index (χ3v) is 3.51. The molecular weight excluding hydrogens is 285 g/mol. The molecule has 1 heterocycles. The Morgan fingerprint density at radius 2 is 1.85 bits per heavy atom. The maximum Gasteiger partial charge on any atom is 0.168 e. The van der Waals surface area contributed by atoms with E-state index in [0.29, 0.717) is 6.54 Å². The number of rotatable bonds is 5. The maximum atomic E-state index is 13.7. The molecule has 0 aliphatic rings. The Bertz CT molecular complexity index is 605. The van der Waals surface area contributed by atoms with Crippen LogP contribution in [0.2, 0.25) is 0 Å². The third-order valence-electron chi connectivity index (χ3n) is 2.48. The molecule has 0 spiro atoms. The zero-order valence-corrected chi connectivity index (χ0v) is 11.6. The Hall–Kier alpha value is -1.69. The van der Waals surface area contributed by atoms with E-state index in [9.17, 15) is 13.2 Å². The Morgan fingerprint density at radius 3 is 2.55 bits per heavy atom. The van der Waals surface area contributed by atoms with Gasteiger partial charge in [0.2, 0.25) is 0 Å². The van der Waals surface area contributed by atoms with Crippen molar-refractivity contribution in [3.8, 4) is 0 Å². The number of halogens is 3. The van der Waals surface area contributed by atoms with E-state index >= 15 is 0 Å². The van der Waals surface area contributed by atoms with Crippen LogP contribution in [0.3, 0.4) is 0 Å². The van der Waals surface area contributed by atoms with Crippen molar-refractivity contribution in [3.05, 3.63) is 47.8 Å². The van der Waals surface area contributed by atoms with Gasteiger partial charge < -0.3 is 5.32 Å². The standard InChI is InChI=1S/C14H13F3N2S/c1-2-7-18-13-10(16)8-11(17)14(19-13)20-12-6-4-3-5-9(12)15/h3-6,8H,2,7H2,1H3,(H,18,19). The first-order valence-electron chi connectivity index (χ1n) is 6.14. The Labute approximate surface area is 119 Å². The van der Waals surface area contributed by atoms with Crippen LogP contribution in [0.25, 0.3) is 0 Å². The fraction of sp³-hybridized carbons (Fsp3) is 0.214. The summed E-state index contributed by atoms with van der Waals surface area (Å²) in [5, 5.41) is 2.71. The molecule has 1 N–H and O–H groups in total. The summed E-state index contributed by atoms with van der Waals surface area (Å²) in [6.45, 7) is 2.45. The highest BCUT2D eigenvalue weighted by Crippen LogP contribution is 2.31. The predicted octanol–water partition coefficient (Wildman–Crippen LogP) is 4.47. The van der Waals surface area contributed by atoms with E-state index in [1.54, 1.807) is 12.1 Å². The molecular formula is C14H13F3N2S. The van der Waals surface area contributed by atoms with Crippen LogP contribution in [0.4, 0.5) is 19.0 Å². The number of anilines is 1. The van der Waals surface area contributed by atoms with Gasteiger partial charge in [-0.25, -0.2) is 18.2 Å². The van der Waals surface area contributed by atoms with Crippen LogP contribution in [0, 0.1) is 17.5 Å². The summed E-state index contributed by atoms with van der Waals surface area (Å²) in [4.78, 5) is 4.12. The molecule has 0 saturated carbocycles. The molecule has 2 aromatic rings. The molecule has 6 heteroatoms. The Kier molecular flexibility index (Phi) is 4.89. The van der Waals surface area contributed by atoms with Gasteiger partial charge in [0.25, 0.3) is 0 Å². The lowest BCUT2D eigenvalue weighted by atomic mass is 10.3. The molecule has 0 atom stereocenters. The van der Waals surface area contributed by atoms with Crippen molar-refractivity contribution in [2.45, 2.75) is 23.3 Å². The summed E-state index contributed by atoms with van der Waals surface area (Å²) in [7, 11) is 0. The van der Waals surface area contributed by atoms with Gasteiger partial charge in [0.1, 0.15) is 10.8 Å². The molecule has 0 radical (unpaired) electrons. The summed E-state index contributed by atoms with van der Waals surface area (Å²) >= 11 is 0.829. The van der Waals surface area contributed by atoms with Crippen molar-refractivity contribution in [3.63, 3.8) is 0 Å². The molecule has 106 valence electrons. The molecule has 0 aliphatic heterocycles. The van der Waals surface area contributed by atoms with Crippen molar-refractivity contribution in [1.29, 1.82) is 0 Å².